The summed E-state index contributed by atoms with van der Waals surface area (Å²) in [5.41, 5.74) is 10.4. The zero-order valence-corrected chi connectivity index (χ0v) is 22.0. The normalized spacial score (nSPS) is 13.8. The molecular weight excluding hydrogens is 489 g/mol. The Bertz CT molecular complexity index is 1480. The molecule has 0 bridgehead atoms. The van der Waals surface area contributed by atoms with Crippen LogP contribution in [0.15, 0.2) is 66.7 Å². The van der Waals surface area contributed by atoms with Gasteiger partial charge in [0.05, 0.1) is 10.0 Å². The molecule has 2 N–H and O–H groups in total. The van der Waals surface area contributed by atoms with Crippen LogP contribution in [0.1, 0.15) is 44.0 Å². The zero-order valence-electron chi connectivity index (χ0n) is 20.5. The average molecular weight is 516 g/mol. The van der Waals surface area contributed by atoms with Gasteiger partial charge in [0.1, 0.15) is 0 Å². The minimum absolute atomic E-state index is 0.123. The SMILES string of the molecule is Cc1ccc(C(=O)Nc2ccc3c(c2)C(=Cc2[nH]c(C)cc2C)CN3Cc2ccc(Cl)c(Cl)c2)cc1. The van der Waals surface area contributed by atoms with Crippen LogP contribution in [0.2, 0.25) is 10.0 Å². The van der Waals surface area contributed by atoms with E-state index in [0.29, 0.717) is 22.2 Å². The molecule has 1 aliphatic rings. The van der Waals surface area contributed by atoms with E-state index in [0.717, 1.165) is 46.0 Å². The van der Waals surface area contributed by atoms with Crippen LogP contribution in [0.4, 0.5) is 11.4 Å². The highest BCUT2D eigenvalue weighted by Crippen LogP contribution is 2.40. The van der Waals surface area contributed by atoms with Crippen LogP contribution in [-0.4, -0.2) is 17.4 Å². The third kappa shape index (κ3) is 5.06. The number of nitrogens with zero attached hydrogens (tertiary/aromatic N) is 1. The molecule has 3 aromatic carbocycles. The number of benzene rings is 3. The van der Waals surface area contributed by atoms with Crippen LogP contribution in [0, 0.1) is 20.8 Å². The molecule has 0 spiro atoms. The van der Waals surface area contributed by atoms with Gasteiger partial charge in [0.15, 0.2) is 0 Å². The molecule has 5 rings (SSSR count). The second kappa shape index (κ2) is 9.88. The van der Waals surface area contributed by atoms with Crippen molar-refractivity contribution < 1.29 is 4.79 Å². The maximum absolute atomic E-state index is 12.8. The molecule has 0 fully saturated rings. The predicted octanol–water partition coefficient (Wildman–Crippen LogP) is 8.06. The van der Waals surface area contributed by atoms with Crippen LogP contribution >= 0.6 is 23.2 Å². The summed E-state index contributed by atoms with van der Waals surface area (Å²) in [5.74, 6) is -0.123. The Kier molecular flexibility index (Phi) is 6.65. The van der Waals surface area contributed by atoms with Gasteiger partial charge in [-0.05, 0) is 92.1 Å². The molecule has 0 saturated heterocycles. The number of rotatable bonds is 5. The van der Waals surface area contributed by atoms with Gasteiger partial charge in [0.25, 0.3) is 5.91 Å². The maximum atomic E-state index is 12.8. The number of carbonyl (C=O) groups is 1. The second-order valence-corrected chi connectivity index (χ2v) is 10.2. The summed E-state index contributed by atoms with van der Waals surface area (Å²) in [5, 5.41) is 4.16. The third-order valence-corrected chi connectivity index (χ3v) is 7.22. The monoisotopic (exact) mass is 515 g/mol. The Hall–Kier alpha value is -3.47. The number of anilines is 2. The number of H-pyrrole nitrogens is 1. The molecule has 4 nitrogen and oxygen atoms in total. The van der Waals surface area contributed by atoms with Gasteiger partial charge in [-0.25, -0.2) is 0 Å². The van der Waals surface area contributed by atoms with Gasteiger partial charge in [-0.1, -0.05) is 47.0 Å². The van der Waals surface area contributed by atoms with Crippen LogP contribution in [0.3, 0.4) is 0 Å². The third-order valence-electron chi connectivity index (χ3n) is 6.48. The minimum atomic E-state index is -0.123. The number of aromatic amines is 1. The molecule has 1 aromatic heterocycles. The van der Waals surface area contributed by atoms with E-state index >= 15 is 0 Å². The van der Waals surface area contributed by atoms with Crippen molar-refractivity contribution in [1.29, 1.82) is 0 Å². The lowest BCUT2D eigenvalue weighted by molar-refractivity contribution is 0.102. The minimum Gasteiger partial charge on any atom is -0.362 e. The van der Waals surface area contributed by atoms with Gasteiger partial charge < -0.3 is 15.2 Å². The number of hydrogen-bond donors (Lipinski definition) is 2. The second-order valence-electron chi connectivity index (χ2n) is 9.38. The Morgan fingerprint density at radius 3 is 2.44 bits per heavy atom. The first-order chi connectivity index (χ1) is 17.3. The van der Waals surface area contributed by atoms with Crippen molar-refractivity contribution in [3.63, 3.8) is 0 Å². The smallest absolute Gasteiger partial charge is 0.255 e. The van der Waals surface area contributed by atoms with Crippen molar-refractivity contribution in [3.05, 3.63) is 116 Å². The van der Waals surface area contributed by atoms with E-state index in [4.69, 9.17) is 23.2 Å². The van der Waals surface area contributed by atoms with E-state index in [1.807, 2.05) is 55.5 Å². The standard InChI is InChI=1S/C30H27Cl2N3O/c1-18-4-7-22(8-5-18)30(36)34-24-9-11-29-25(15-24)23(14-28-19(2)12-20(3)33-28)17-35(29)16-21-6-10-26(31)27(32)13-21/h4-15,33H,16-17H2,1-3H3,(H,34,36). The lowest BCUT2D eigenvalue weighted by Gasteiger charge is -2.20. The van der Waals surface area contributed by atoms with E-state index in [1.54, 1.807) is 0 Å². The van der Waals surface area contributed by atoms with E-state index in [9.17, 15) is 4.79 Å². The molecule has 2 heterocycles. The molecule has 6 heteroatoms. The molecule has 0 unspecified atom stereocenters. The zero-order chi connectivity index (χ0) is 25.4. The van der Waals surface area contributed by atoms with Crippen LogP contribution < -0.4 is 10.2 Å². The van der Waals surface area contributed by atoms with Gasteiger partial charge in [0.2, 0.25) is 0 Å². The molecular formula is C30H27Cl2N3O. The molecule has 182 valence electrons. The molecule has 36 heavy (non-hydrogen) atoms. The first-order valence-electron chi connectivity index (χ1n) is 11.8. The van der Waals surface area contributed by atoms with Crippen molar-refractivity contribution in [1.82, 2.24) is 4.98 Å². The number of halogens is 2. The van der Waals surface area contributed by atoms with E-state index in [2.05, 4.69) is 53.3 Å². The van der Waals surface area contributed by atoms with E-state index < -0.39 is 0 Å². The highest BCUT2D eigenvalue weighted by atomic mass is 35.5. The molecule has 0 saturated carbocycles. The van der Waals surface area contributed by atoms with Crippen molar-refractivity contribution in [3.8, 4) is 0 Å². The number of carbonyl (C=O) groups excluding carboxylic acids is 1. The Morgan fingerprint density at radius 1 is 0.972 bits per heavy atom. The summed E-state index contributed by atoms with van der Waals surface area (Å²) in [7, 11) is 0. The average Bonchev–Trinajstić information content (AvgIpc) is 3.34. The summed E-state index contributed by atoms with van der Waals surface area (Å²) >= 11 is 12.4. The lowest BCUT2D eigenvalue weighted by atomic mass is 10.0. The predicted molar refractivity (Wildman–Crippen MR) is 151 cm³/mol. The molecule has 4 aromatic rings. The maximum Gasteiger partial charge on any atom is 0.255 e. The fourth-order valence-corrected chi connectivity index (χ4v) is 4.95. The Morgan fingerprint density at radius 2 is 1.75 bits per heavy atom. The number of aromatic nitrogens is 1. The number of fused-ring (bicyclic) bond motifs is 1. The molecule has 1 aliphatic heterocycles. The molecule has 0 aliphatic carbocycles. The van der Waals surface area contributed by atoms with Crippen molar-refractivity contribution in [2.24, 2.45) is 0 Å². The van der Waals surface area contributed by atoms with Crippen molar-refractivity contribution in [2.75, 3.05) is 16.8 Å². The summed E-state index contributed by atoms with van der Waals surface area (Å²) in [4.78, 5) is 18.6. The van der Waals surface area contributed by atoms with Crippen molar-refractivity contribution in [2.45, 2.75) is 27.3 Å². The van der Waals surface area contributed by atoms with Gasteiger partial charge >= 0.3 is 0 Å². The first-order valence-corrected chi connectivity index (χ1v) is 12.6. The number of aryl methyl sites for hydroxylation is 3. The number of hydrogen-bond acceptors (Lipinski definition) is 2. The molecule has 1 amide bonds. The number of nitrogens with one attached hydrogen (secondary N) is 2. The van der Waals surface area contributed by atoms with Crippen LogP contribution in [0.25, 0.3) is 11.6 Å². The highest BCUT2D eigenvalue weighted by molar-refractivity contribution is 6.42. The quantitative estimate of drug-likeness (QED) is 0.282. The van der Waals surface area contributed by atoms with Crippen molar-refractivity contribution >= 4 is 52.1 Å². The summed E-state index contributed by atoms with van der Waals surface area (Å²) < 4.78 is 0. The fraction of sp³-hybridized carbons (Fsp3) is 0.167. The number of amides is 1. The Balaban J connectivity index is 1.49. The van der Waals surface area contributed by atoms with E-state index in [-0.39, 0.29) is 5.91 Å². The summed E-state index contributed by atoms with van der Waals surface area (Å²) in [6.07, 6.45) is 2.21. The van der Waals surface area contributed by atoms with Crippen LogP contribution in [0.5, 0.6) is 0 Å². The van der Waals surface area contributed by atoms with Gasteiger partial charge in [0, 0.05) is 47.0 Å². The summed E-state index contributed by atoms with van der Waals surface area (Å²) in [6.45, 7) is 7.61. The topological polar surface area (TPSA) is 48.1 Å². The highest BCUT2D eigenvalue weighted by Gasteiger charge is 2.25. The lowest BCUT2D eigenvalue weighted by Crippen LogP contribution is -2.19. The van der Waals surface area contributed by atoms with Gasteiger partial charge in [-0.15, -0.1) is 0 Å². The Labute approximate surface area is 221 Å². The van der Waals surface area contributed by atoms with Gasteiger partial charge in [-0.2, -0.15) is 0 Å². The van der Waals surface area contributed by atoms with Gasteiger partial charge in [-0.3, -0.25) is 4.79 Å². The van der Waals surface area contributed by atoms with Crippen LogP contribution in [-0.2, 0) is 6.54 Å². The van der Waals surface area contributed by atoms with E-state index in [1.165, 1.54) is 11.1 Å². The largest absolute Gasteiger partial charge is 0.362 e. The molecule has 0 radical (unpaired) electrons. The molecule has 0 atom stereocenters. The first kappa shape index (κ1) is 24.2. The fourth-order valence-electron chi connectivity index (χ4n) is 4.63. The summed E-state index contributed by atoms with van der Waals surface area (Å²) in [6, 6.07) is 21.6.